The molecule has 1 fully saturated rings. The van der Waals surface area contributed by atoms with Gasteiger partial charge in [-0.05, 0) is 43.7 Å². The standard InChI is InChI=1S/C17H19N7O/c25-17(16-6-9-23(21-16)15-5-2-7-18-12-15)20-13-3-1-4-14(11-13)24-10-8-19-22-24/h1,3-4,6,8-11,15,18H,2,5,7,12H2,(H,20,25). The van der Waals surface area contributed by atoms with Crippen molar-refractivity contribution in [1.29, 1.82) is 0 Å². The van der Waals surface area contributed by atoms with Crippen molar-refractivity contribution in [1.82, 2.24) is 30.1 Å². The molecule has 3 heterocycles. The minimum Gasteiger partial charge on any atom is -0.321 e. The van der Waals surface area contributed by atoms with Gasteiger partial charge < -0.3 is 10.6 Å². The van der Waals surface area contributed by atoms with Gasteiger partial charge in [0.1, 0.15) is 0 Å². The van der Waals surface area contributed by atoms with Gasteiger partial charge in [0.2, 0.25) is 0 Å². The number of amides is 1. The van der Waals surface area contributed by atoms with Gasteiger partial charge in [0.15, 0.2) is 5.69 Å². The highest BCUT2D eigenvalue weighted by Crippen LogP contribution is 2.17. The van der Waals surface area contributed by atoms with Gasteiger partial charge in [0, 0.05) is 18.4 Å². The van der Waals surface area contributed by atoms with E-state index in [2.05, 4.69) is 26.0 Å². The first kappa shape index (κ1) is 15.5. The lowest BCUT2D eigenvalue weighted by Crippen LogP contribution is -2.32. The fourth-order valence-electron chi connectivity index (χ4n) is 2.99. The number of anilines is 1. The lowest BCUT2D eigenvalue weighted by Gasteiger charge is -2.22. The highest BCUT2D eigenvalue weighted by molar-refractivity contribution is 6.02. The first-order valence-corrected chi connectivity index (χ1v) is 8.33. The van der Waals surface area contributed by atoms with Crippen molar-refractivity contribution in [2.24, 2.45) is 0 Å². The Balaban J connectivity index is 1.47. The van der Waals surface area contributed by atoms with E-state index in [1.54, 1.807) is 23.1 Å². The highest BCUT2D eigenvalue weighted by atomic mass is 16.1. The minimum absolute atomic E-state index is 0.224. The number of aromatic nitrogens is 5. The second-order valence-corrected chi connectivity index (χ2v) is 6.03. The van der Waals surface area contributed by atoms with Crippen molar-refractivity contribution < 1.29 is 4.79 Å². The van der Waals surface area contributed by atoms with Crippen LogP contribution in [-0.2, 0) is 0 Å². The van der Waals surface area contributed by atoms with E-state index in [0.717, 1.165) is 31.6 Å². The zero-order valence-corrected chi connectivity index (χ0v) is 13.7. The molecule has 1 saturated heterocycles. The number of rotatable bonds is 4. The average molecular weight is 337 g/mol. The molecule has 0 aliphatic carbocycles. The summed E-state index contributed by atoms with van der Waals surface area (Å²) >= 11 is 0. The molecule has 1 unspecified atom stereocenters. The SMILES string of the molecule is O=C(Nc1cccc(-n2ccnn2)c1)c1ccn(C2CCCNC2)n1. The molecule has 2 N–H and O–H groups in total. The Bertz CT molecular complexity index is 850. The van der Waals surface area contributed by atoms with E-state index in [1.807, 2.05) is 35.1 Å². The third-order valence-electron chi connectivity index (χ3n) is 4.28. The van der Waals surface area contributed by atoms with Crippen LogP contribution in [0.25, 0.3) is 5.69 Å². The Morgan fingerprint density at radius 1 is 1.28 bits per heavy atom. The molecule has 1 amide bonds. The van der Waals surface area contributed by atoms with Crippen LogP contribution in [0.2, 0.25) is 0 Å². The van der Waals surface area contributed by atoms with E-state index in [-0.39, 0.29) is 5.91 Å². The van der Waals surface area contributed by atoms with Crippen LogP contribution in [0, 0.1) is 0 Å². The van der Waals surface area contributed by atoms with Crippen LogP contribution in [0.1, 0.15) is 29.4 Å². The lowest BCUT2D eigenvalue weighted by atomic mass is 10.1. The van der Waals surface area contributed by atoms with Gasteiger partial charge >= 0.3 is 0 Å². The summed E-state index contributed by atoms with van der Waals surface area (Å²) in [5.74, 6) is -0.224. The normalized spacial score (nSPS) is 17.4. The molecular formula is C17H19N7O. The summed E-state index contributed by atoms with van der Waals surface area (Å²) in [6.45, 7) is 1.94. The molecule has 1 aromatic carbocycles. The Hall–Kier alpha value is -3.00. The Kier molecular flexibility index (Phi) is 4.26. The molecule has 1 aliphatic rings. The summed E-state index contributed by atoms with van der Waals surface area (Å²) in [5, 5.41) is 18.4. The predicted molar refractivity (Wildman–Crippen MR) is 92.7 cm³/mol. The fraction of sp³-hybridized carbons (Fsp3) is 0.294. The Morgan fingerprint density at radius 3 is 3.04 bits per heavy atom. The molecule has 0 saturated carbocycles. The summed E-state index contributed by atoms with van der Waals surface area (Å²) in [6, 6.07) is 9.50. The molecular weight excluding hydrogens is 318 g/mol. The van der Waals surface area contributed by atoms with Crippen LogP contribution >= 0.6 is 0 Å². The van der Waals surface area contributed by atoms with Crippen molar-refractivity contribution in [3.8, 4) is 5.69 Å². The van der Waals surface area contributed by atoms with Crippen molar-refractivity contribution in [2.75, 3.05) is 18.4 Å². The van der Waals surface area contributed by atoms with Crippen molar-refractivity contribution in [3.63, 3.8) is 0 Å². The molecule has 1 atom stereocenters. The maximum Gasteiger partial charge on any atom is 0.276 e. The summed E-state index contributed by atoms with van der Waals surface area (Å²) in [5.41, 5.74) is 1.93. The molecule has 3 aromatic rings. The number of benzene rings is 1. The maximum absolute atomic E-state index is 12.5. The number of nitrogens with one attached hydrogen (secondary N) is 2. The number of carbonyl (C=O) groups is 1. The molecule has 8 nitrogen and oxygen atoms in total. The van der Waals surface area contributed by atoms with Crippen LogP contribution in [0.4, 0.5) is 5.69 Å². The molecule has 128 valence electrons. The van der Waals surface area contributed by atoms with Gasteiger partial charge in [-0.1, -0.05) is 11.3 Å². The quantitative estimate of drug-likeness (QED) is 0.755. The molecule has 8 heteroatoms. The zero-order chi connectivity index (χ0) is 17.1. The summed E-state index contributed by atoms with van der Waals surface area (Å²) in [4.78, 5) is 12.5. The van der Waals surface area contributed by atoms with Gasteiger partial charge in [-0.2, -0.15) is 5.10 Å². The van der Waals surface area contributed by atoms with E-state index in [0.29, 0.717) is 17.4 Å². The van der Waals surface area contributed by atoms with Crippen LogP contribution in [0.15, 0.2) is 48.9 Å². The van der Waals surface area contributed by atoms with Crippen LogP contribution < -0.4 is 10.6 Å². The third kappa shape index (κ3) is 3.43. The largest absolute Gasteiger partial charge is 0.321 e. The smallest absolute Gasteiger partial charge is 0.276 e. The molecule has 1 aliphatic heterocycles. The molecule has 2 aromatic heterocycles. The van der Waals surface area contributed by atoms with E-state index in [9.17, 15) is 4.79 Å². The summed E-state index contributed by atoms with van der Waals surface area (Å²) < 4.78 is 3.52. The van der Waals surface area contributed by atoms with E-state index in [4.69, 9.17) is 0 Å². The van der Waals surface area contributed by atoms with Gasteiger partial charge in [-0.25, -0.2) is 4.68 Å². The monoisotopic (exact) mass is 337 g/mol. The zero-order valence-electron chi connectivity index (χ0n) is 13.7. The van der Waals surface area contributed by atoms with Gasteiger partial charge in [-0.15, -0.1) is 5.10 Å². The predicted octanol–water partition coefficient (Wildman–Crippen LogP) is 1.64. The summed E-state index contributed by atoms with van der Waals surface area (Å²) in [6.07, 6.45) is 7.44. The molecule has 0 bridgehead atoms. The first-order valence-electron chi connectivity index (χ1n) is 8.33. The second-order valence-electron chi connectivity index (χ2n) is 6.03. The number of piperidine rings is 1. The Labute approximate surface area is 144 Å². The van der Waals surface area contributed by atoms with Crippen LogP contribution in [0.5, 0.6) is 0 Å². The van der Waals surface area contributed by atoms with E-state index in [1.165, 1.54) is 0 Å². The lowest BCUT2D eigenvalue weighted by molar-refractivity contribution is 0.102. The van der Waals surface area contributed by atoms with Crippen molar-refractivity contribution in [2.45, 2.75) is 18.9 Å². The van der Waals surface area contributed by atoms with Crippen LogP contribution in [-0.4, -0.2) is 43.8 Å². The number of carbonyl (C=O) groups excluding carboxylic acids is 1. The maximum atomic E-state index is 12.5. The molecule has 0 spiro atoms. The number of nitrogens with zero attached hydrogens (tertiary/aromatic N) is 5. The molecule has 4 rings (SSSR count). The number of hydrogen-bond acceptors (Lipinski definition) is 5. The van der Waals surface area contributed by atoms with Crippen molar-refractivity contribution >= 4 is 11.6 Å². The average Bonchev–Trinajstić information content (AvgIpc) is 3.35. The van der Waals surface area contributed by atoms with Gasteiger partial charge in [0.05, 0.1) is 24.1 Å². The Morgan fingerprint density at radius 2 is 2.24 bits per heavy atom. The third-order valence-corrected chi connectivity index (χ3v) is 4.28. The van der Waals surface area contributed by atoms with Crippen molar-refractivity contribution in [3.05, 3.63) is 54.6 Å². The van der Waals surface area contributed by atoms with Gasteiger partial charge in [-0.3, -0.25) is 9.48 Å². The van der Waals surface area contributed by atoms with E-state index >= 15 is 0 Å². The van der Waals surface area contributed by atoms with Gasteiger partial charge in [0.25, 0.3) is 5.91 Å². The highest BCUT2D eigenvalue weighted by Gasteiger charge is 2.17. The van der Waals surface area contributed by atoms with E-state index < -0.39 is 0 Å². The topological polar surface area (TPSA) is 89.7 Å². The van der Waals surface area contributed by atoms with Crippen LogP contribution in [0.3, 0.4) is 0 Å². The fourth-order valence-corrected chi connectivity index (χ4v) is 2.99. The summed E-state index contributed by atoms with van der Waals surface area (Å²) in [7, 11) is 0. The first-order chi connectivity index (χ1) is 12.3. The second kappa shape index (κ2) is 6.86. The molecule has 0 radical (unpaired) electrons. The minimum atomic E-state index is -0.224. The molecule has 25 heavy (non-hydrogen) atoms. The number of hydrogen-bond donors (Lipinski definition) is 2.